The summed E-state index contributed by atoms with van der Waals surface area (Å²) in [4.78, 5) is 4.20. The summed E-state index contributed by atoms with van der Waals surface area (Å²) < 4.78 is 28.3. The number of sulfonamides is 1. The van der Waals surface area contributed by atoms with E-state index in [0.29, 0.717) is 6.54 Å². The second-order valence-corrected chi connectivity index (χ2v) is 7.53. The van der Waals surface area contributed by atoms with E-state index in [2.05, 4.69) is 15.0 Å². The molecule has 1 saturated heterocycles. The molecule has 0 bridgehead atoms. The van der Waals surface area contributed by atoms with Crippen LogP contribution < -0.4 is 10.0 Å². The van der Waals surface area contributed by atoms with Crippen LogP contribution in [0.3, 0.4) is 0 Å². The Morgan fingerprint density at radius 2 is 2.21 bits per heavy atom. The van der Waals surface area contributed by atoms with Crippen LogP contribution in [0.2, 0.25) is 0 Å². The minimum Gasteiger partial charge on any atom is -0.315 e. The lowest BCUT2D eigenvalue weighted by molar-refractivity contribution is 0.428. The van der Waals surface area contributed by atoms with Crippen LogP contribution in [0.4, 0.5) is 0 Å². The van der Waals surface area contributed by atoms with Crippen molar-refractivity contribution >= 4 is 31.6 Å². The highest BCUT2D eigenvalue weighted by Gasteiger charge is 2.24. The van der Waals surface area contributed by atoms with Gasteiger partial charge in [-0.05, 0) is 31.5 Å². The van der Waals surface area contributed by atoms with Crippen molar-refractivity contribution in [2.45, 2.75) is 23.2 Å². The summed E-state index contributed by atoms with van der Waals surface area (Å²) in [6.07, 6.45) is 1.87. The molecule has 0 unspecified atom stereocenters. The molecule has 0 saturated carbocycles. The molecule has 1 aliphatic rings. The first-order valence-electron chi connectivity index (χ1n) is 6.24. The topological polar surface area (TPSA) is 71.1 Å². The normalized spacial score (nSPS) is 20.7. The molecule has 0 spiro atoms. The molecular formula is C12H15N3O2S2. The monoisotopic (exact) mass is 297 g/mol. The standard InChI is InChI=1S/C12H15N3O2S2/c16-19(17,15-9-4-3-7-13-8-9)12-14-10-5-1-2-6-11(10)18-12/h1-2,5-6,9,13,15H,3-4,7-8H2/t9-/m0/s1. The van der Waals surface area contributed by atoms with E-state index in [1.165, 1.54) is 11.3 Å². The number of benzene rings is 1. The lowest BCUT2D eigenvalue weighted by Gasteiger charge is -2.22. The average Bonchev–Trinajstić information content (AvgIpc) is 2.84. The van der Waals surface area contributed by atoms with Crippen LogP contribution in [0.15, 0.2) is 28.6 Å². The first-order valence-corrected chi connectivity index (χ1v) is 8.54. The molecule has 2 aromatic rings. The van der Waals surface area contributed by atoms with Crippen molar-refractivity contribution in [1.29, 1.82) is 0 Å². The molecule has 3 rings (SSSR count). The van der Waals surface area contributed by atoms with Crippen molar-refractivity contribution in [3.05, 3.63) is 24.3 Å². The number of hydrogen-bond donors (Lipinski definition) is 2. The van der Waals surface area contributed by atoms with Crippen LogP contribution in [0.5, 0.6) is 0 Å². The Morgan fingerprint density at radius 1 is 1.37 bits per heavy atom. The lowest BCUT2D eigenvalue weighted by Crippen LogP contribution is -2.45. The fourth-order valence-electron chi connectivity index (χ4n) is 2.19. The van der Waals surface area contributed by atoms with Gasteiger partial charge in [0.15, 0.2) is 0 Å². The minimum absolute atomic E-state index is 0.0363. The van der Waals surface area contributed by atoms with E-state index in [0.717, 1.165) is 29.6 Å². The molecule has 1 aromatic carbocycles. The Morgan fingerprint density at radius 3 is 2.95 bits per heavy atom. The molecule has 0 aliphatic carbocycles. The maximum absolute atomic E-state index is 12.3. The van der Waals surface area contributed by atoms with Gasteiger partial charge < -0.3 is 5.32 Å². The van der Waals surface area contributed by atoms with Gasteiger partial charge in [-0.3, -0.25) is 0 Å². The molecule has 7 heteroatoms. The third-order valence-electron chi connectivity index (χ3n) is 3.12. The summed E-state index contributed by atoms with van der Waals surface area (Å²) in [7, 11) is -3.50. The molecule has 2 N–H and O–H groups in total. The third-order valence-corrected chi connectivity index (χ3v) is 6.06. The minimum atomic E-state index is -3.50. The van der Waals surface area contributed by atoms with Crippen LogP contribution in [0.1, 0.15) is 12.8 Å². The van der Waals surface area contributed by atoms with E-state index in [1.54, 1.807) is 0 Å². The predicted octanol–water partition coefficient (Wildman–Crippen LogP) is 1.33. The Balaban J connectivity index is 1.86. The molecule has 0 radical (unpaired) electrons. The molecule has 19 heavy (non-hydrogen) atoms. The molecular weight excluding hydrogens is 282 g/mol. The summed E-state index contributed by atoms with van der Waals surface area (Å²) in [5, 5.41) is 3.19. The highest BCUT2D eigenvalue weighted by molar-refractivity contribution is 7.91. The van der Waals surface area contributed by atoms with Gasteiger partial charge >= 0.3 is 0 Å². The van der Waals surface area contributed by atoms with Crippen molar-refractivity contribution in [2.75, 3.05) is 13.1 Å². The quantitative estimate of drug-likeness (QED) is 0.896. The van der Waals surface area contributed by atoms with Gasteiger partial charge in [0.2, 0.25) is 4.34 Å². The van der Waals surface area contributed by atoms with Crippen molar-refractivity contribution < 1.29 is 8.42 Å². The molecule has 2 heterocycles. The second-order valence-electron chi connectivity index (χ2n) is 4.61. The molecule has 0 amide bonds. The van der Waals surface area contributed by atoms with Gasteiger partial charge in [0, 0.05) is 12.6 Å². The average molecular weight is 297 g/mol. The summed E-state index contributed by atoms with van der Waals surface area (Å²) in [5.41, 5.74) is 0.731. The number of thiazole rings is 1. The molecule has 1 atom stereocenters. The zero-order chi connectivity index (χ0) is 13.3. The van der Waals surface area contributed by atoms with Crippen LogP contribution in [-0.2, 0) is 10.0 Å². The van der Waals surface area contributed by atoms with Gasteiger partial charge in [-0.2, -0.15) is 0 Å². The summed E-state index contributed by atoms with van der Waals surface area (Å²) in [6, 6.07) is 7.42. The van der Waals surface area contributed by atoms with E-state index < -0.39 is 10.0 Å². The number of nitrogens with zero attached hydrogens (tertiary/aromatic N) is 1. The Hall–Kier alpha value is -1.02. The van der Waals surface area contributed by atoms with Gasteiger partial charge in [0.25, 0.3) is 10.0 Å². The molecule has 1 fully saturated rings. The number of nitrogens with one attached hydrogen (secondary N) is 2. The highest BCUT2D eigenvalue weighted by Crippen LogP contribution is 2.25. The largest absolute Gasteiger partial charge is 0.315 e. The number of para-hydroxylation sites is 1. The Bertz CT molecular complexity index is 642. The van der Waals surface area contributed by atoms with E-state index in [1.807, 2.05) is 24.3 Å². The van der Waals surface area contributed by atoms with Gasteiger partial charge in [-0.1, -0.05) is 12.1 Å². The van der Waals surface area contributed by atoms with Crippen molar-refractivity contribution in [2.24, 2.45) is 0 Å². The number of rotatable bonds is 3. The van der Waals surface area contributed by atoms with Crippen molar-refractivity contribution in [1.82, 2.24) is 15.0 Å². The highest BCUT2D eigenvalue weighted by atomic mass is 32.2. The van der Waals surface area contributed by atoms with E-state index in [4.69, 9.17) is 0 Å². The van der Waals surface area contributed by atoms with Crippen molar-refractivity contribution in [3.8, 4) is 0 Å². The summed E-state index contributed by atoms with van der Waals surface area (Å²) in [5.74, 6) is 0. The summed E-state index contributed by atoms with van der Waals surface area (Å²) >= 11 is 1.21. The van der Waals surface area contributed by atoms with Gasteiger partial charge in [0.1, 0.15) is 0 Å². The zero-order valence-electron chi connectivity index (χ0n) is 10.3. The number of piperidine rings is 1. The van der Waals surface area contributed by atoms with E-state index >= 15 is 0 Å². The van der Waals surface area contributed by atoms with Gasteiger partial charge in [0.05, 0.1) is 10.2 Å². The van der Waals surface area contributed by atoms with Crippen LogP contribution >= 0.6 is 11.3 Å². The Labute approximate surface area is 116 Å². The third kappa shape index (κ3) is 2.79. The lowest BCUT2D eigenvalue weighted by atomic mass is 10.1. The smallest absolute Gasteiger partial charge is 0.268 e. The van der Waals surface area contributed by atoms with Crippen LogP contribution in [0.25, 0.3) is 10.2 Å². The molecule has 1 aliphatic heterocycles. The van der Waals surface area contributed by atoms with E-state index in [9.17, 15) is 8.42 Å². The predicted molar refractivity (Wildman–Crippen MR) is 75.8 cm³/mol. The van der Waals surface area contributed by atoms with Crippen LogP contribution in [-0.4, -0.2) is 32.5 Å². The number of aromatic nitrogens is 1. The first kappa shape index (κ1) is 13.0. The van der Waals surface area contributed by atoms with E-state index in [-0.39, 0.29) is 10.4 Å². The molecule has 5 nitrogen and oxygen atoms in total. The van der Waals surface area contributed by atoms with Crippen molar-refractivity contribution in [3.63, 3.8) is 0 Å². The first-order chi connectivity index (χ1) is 9.15. The molecule has 1 aromatic heterocycles. The zero-order valence-corrected chi connectivity index (χ0v) is 11.9. The number of fused-ring (bicyclic) bond motifs is 1. The maximum atomic E-state index is 12.3. The Kier molecular flexibility index (Phi) is 3.53. The fourth-order valence-corrected chi connectivity index (χ4v) is 4.70. The molecule has 102 valence electrons. The SMILES string of the molecule is O=S(=O)(N[C@H]1CCCNC1)c1nc2ccccc2s1. The van der Waals surface area contributed by atoms with Crippen LogP contribution in [0, 0.1) is 0 Å². The second kappa shape index (κ2) is 5.16. The number of hydrogen-bond acceptors (Lipinski definition) is 5. The maximum Gasteiger partial charge on any atom is 0.268 e. The fraction of sp³-hybridized carbons (Fsp3) is 0.417. The van der Waals surface area contributed by atoms with Gasteiger partial charge in [-0.15, -0.1) is 11.3 Å². The van der Waals surface area contributed by atoms with Gasteiger partial charge in [-0.25, -0.2) is 18.1 Å². The summed E-state index contributed by atoms with van der Waals surface area (Å²) in [6.45, 7) is 1.64.